The number of hydrogen-bond donors (Lipinski definition) is 1. The molecule has 1 aliphatic rings. The first-order chi connectivity index (χ1) is 12.0. The number of rotatable bonds is 6. The molecule has 0 radical (unpaired) electrons. The Hall–Kier alpha value is -2.14. The fourth-order valence-electron chi connectivity index (χ4n) is 3.30. The van der Waals surface area contributed by atoms with Crippen molar-refractivity contribution in [3.63, 3.8) is 0 Å². The van der Waals surface area contributed by atoms with Gasteiger partial charge in [0.1, 0.15) is 23.4 Å². The Morgan fingerprint density at radius 2 is 2.16 bits per heavy atom. The topological polar surface area (TPSA) is 56.3 Å². The Morgan fingerprint density at radius 3 is 2.88 bits per heavy atom. The summed E-state index contributed by atoms with van der Waals surface area (Å²) in [7, 11) is 0. The molecule has 3 rings (SSSR count). The lowest BCUT2D eigenvalue weighted by molar-refractivity contribution is 0.254. The van der Waals surface area contributed by atoms with Crippen LogP contribution in [0, 0.1) is 13.8 Å². The maximum absolute atomic E-state index is 5.90. The predicted molar refractivity (Wildman–Crippen MR) is 98.2 cm³/mol. The van der Waals surface area contributed by atoms with Gasteiger partial charge in [0.05, 0.1) is 6.61 Å². The summed E-state index contributed by atoms with van der Waals surface area (Å²) >= 11 is 0. The fraction of sp³-hybridized carbons (Fsp3) is 0.500. The lowest BCUT2D eigenvalue weighted by Gasteiger charge is -2.18. The maximum atomic E-state index is 5.90. The van der Waals surface area contributed by atoms with Crippen LogP contribution >= 0.6 is 0 Å². The van der Waals surface area contributed by atoms with E-state index in [2.05, 4.69) is 41.3 Å². The molecule has 0 saturated heterocycles. The summed E-state index contributed by atoms with van der Waals surface area (Å²) in [5.74, 6) is 2.72. The smallest absolute Gasteiger partial charge is 0.125 e. The molecule has 1 aromatic carbocycles. The van der Waals surface area contributed by atoms with Gasteiger partial charge in [-0.3, -0.25) is 0 Å². The minimum absolute atomic E-state index is 0.156. The van der Waals surface area contributed by atoms with Crippen molar-refractivity contribution in [1.29, 1.82) is 0 Å². The molecule has 2 aromatic rings. The van der Waals surface area contributed by atoms with Crippen LogP contribution in [0.2, 0.25) is 0 Å². The van der Waals surface area contributed by atoms with Crippen molar-refractivity contribution in [3.8, 4) is 11.5 Å². The van der Waals surface area contributed by atoms with Crippen LogP contribution in [-0.4, -0.2) is 22.7 Å². The van der Waals surface area contributed by atoms with Crippen LogP contribution in [0.15, 0.2) is 18.3 Å². The highest BCUT2D eigenvalue weighted by molar-refractivity contribution is 5.48. The average Bonchev–Trinajstić information content (AvgIpc) is 2.91. The molecular weight excluding hydrogens is 314 g/mol. The molecule has 2 atom stereocenters. The van der Waals surface area contributed by atoms with E-state index in [0.717, 1.165) is 40.6 Å². The zero-order chi connectivity index (χ0) is 18.0. The molecule has 1 aliphatic heterocycles. The van der Waals surface area contributed by atoms with Gasteiger partial charge in [-0.2, -0.15) is 0 Å². The maximum Gasteiger partial charge on any atom is 0.125 e. The molecule has 0 spiro atoms. The van der Waals surface area contributed by atoms with Gasteiger partial charge in [0.15, 0.2) is 0 Å². The third-order valence-electron chi connectivity index (χ3n) is 4.58. The molecule has 0 fully saturated rings. The van der Waals surface area contributed by atoms with Crippen molar-refractivity contribution in [1.82, 2.24) is 15.3 Å². The van der Waals surface area contributed by atoms with E-state index in [9.17, 15) is 0 Å². The van der Waals surface area contributed by atoms with Crippen LogP contribution in [0.3, 0.4) is 0 Å². The van der Waals surface area contributed by atoms with E-state index in [0.29, 0.717) is 13.2 Å². The molecule has 1 aromatic heterocycles. The first kappa shape index (κ1) is 17.7. The molecule has 2 heterocycles. The monoisotopic (exact) mass is 341 g/mol. The van der Waals surface area contributed by atoms with Gasteiger partial charge < -0.3 is 14.8 Å². The number of nitrogens with one attached hydrogen (secondary N) is 1. The number of hydrogen-bond acceptors (Lipinski definition) is 5. The first-order valence-corrected chi connectivity index (χ1v) is 8.96. The third-order valence-corrected chi connectivity index (χ3v) is 4.58. The average molecular weight is 341 g/mol. The molecule has 1 N–H and O–H groups in total. The molecule has 25 heavy (non-hydrogen) atoms. The highest BCUT2D eigenvalue weighted by atomic mass is 16.5. The minimum Gasteiger partial charge on any atom is -0.494 e. The molecule has 0 saturated carbocycles. The van der Waals surface area contributed by atoms with Crippen LogP contribution in [0.4, 0.5) is 0 Å². The standard InChI is InChI=1S/C20H27N3O2/c1-6-24-19-8-16-7-12(2)25-20(16)9-17(19)10-21-13(3)18-11-22-15(5)23-14(18)4/h8-9,11-13,21H,6-7,10H2,1-5H3/t12-,13-/m1/s1. The van der Waals surface area contributed by atoms with E-state index >= 15 is 0 Å². The number of aryl methyl sites for hydroxylation is 2. The quantitative estimate of drug-likeness (QED) is 0.869. The summed E-state index contributed by atoms with van der Waals surface area (Å²) in [6.45, 7) is 11.5. The van der Waals surface area contributed by atoms with Crippen LogP contribution in [0.5, 0.6) is 11.5 Å². The van der Waals surface area contributed by atoms with Gasteiger partial charge in [-0.15, -0.1) is 0 Å². The van der Waals surface area contributed by atoms with E-state index in [1.807, 2.05) is 27.0 Å². The van der Waals surface area contributed by atoms with Gasteiger partial charge in [-0.1, -0.05) is 0 Å². The summed E-state index contributed by atoms with van der Waals surface area (Å²) < 4.78 is 11.8. The highest BCUT2D eigenvalue weighted by Crippen LogP contribution is 2.35. The van der Waals surface area contributed by atoms with Gasteiger partial charge in [0, 0.05) is 47.6 Å². The Morgan fingerprint density at radius 1 is 1.36 bits per heavy atom. The highest BCUT2D eigenvalue weighted by Gasteiger charge is 2.22. The van der Waals surface area contributed by atoms with Crippen molar-refractivity contribution < 1.29 is 9.47 Å². The van der Waals surface area contributed by atoms with Crippen molar-refractivity contribution in [2.45, 2.75) is 59.7 Å². The second-order valence-electron chi connectivity index (χ2n) is 6.69. The van der Waals surface area contributed by atoms with Gasteiger partial charge >= 0.3 is 0 Å². The van der Waals surface area contributed by atoms with Crippen molar-refractivity contribution in [2.24, 2.45) is 0 Å². The number of aromatic nitrogens is 2. The molecule has 5 nitrogen and oxygen atoms in total. The molecule has 5 heteroatoms. The lowest BCUT2D eigenvalue weighted by atomic mass is 10.1. The van der Waals surface area contributed by atoms with Crippen molar-refractivity contribution in [2.75, 3.05) is 6.61 Å². The van der Waals surface area contributed by atoms with Gasteiger partial charge in [-0.05, 0) is 46.8 Å². The normalized spacial score (nSPS) is 17.1. The summed E-state index contributed by atoms with van der Waals surface area (Å²) in [5.41, 5.74) is 4.49. The Balaban J connectivity index is 1.77. The summed E-state index contributed by atoms with van der Waals surface area (Å²) in [6.07, 6.45) is 3.09. The number of nitrogens with zero attached hydrogens (tertiary/aromatic N) is 2. The van der Waals surface area contributed by atoms with Crippen LogP contribution in [0.1, 0.15) is 55.0 Å². The first-order valence-electron chi connectivity index (χ1n) is 8.96. The third kappa shape index (κ3) is 3.93. The Bertz CT molecular complexity index is 761. The molecule has 0 amide bonds. The molecule has 0 aliphatic carbocycles. The van der Waals surface area contributed by atoms with E-state index in [-0.39, 0.29) is 12.1 Å². The minimum atomic E-state index is 0.156. The SMILES string of the molecule is CCOc1cc2c(cc1CN[C@H](C)c1cnc(C)nc1C)O[C@H](C)C2. The van der Waals surface area contributed by atoms with Gasteiger partial charge in [0.2, 0.25) is 0 Å². The van der Waals surface area contributed by atoms with Crippen molar-refractivity contribution >= 4 is 0 Å². The predicted octanol–water partition coefficient (Wildman–Crippen LogP) is 3.67. The number of ether oxygens (including phenoxy) is 2. The van der Waals surface area contributed by atoms with Crippen molar-refractivity contribution in [3.05, 3.63) is 46.5 Å². The Labute approximate surface area is 149 Å². The van der Waals surface area contributed by atoms with E-state index in [1.54, 1.807) is 0 Å². The van der Waals surface area contributed by atoms with E-state index in [1.165, 1.54) is 5.56 Å². The second-order valence-corrected chi connectivity index (χ2v) is 6.69. The van der Waals surface area contributed by atoms with Gasteiger partial charge in [-0.25, -0.2) is 9.97 Å². The van der Waals surface area contributed by atoms with E-state index in [4.69, 9.17) is 9.47 Å². The number of fused-ring (bicyclic) bond motifs is 1. The fourth-order valence-corrected chi connectivity index (χ4v) is 3.30. The zero-order valence-electron chi connectivity index (χ0n) is 15.7. The lowest BCUT2D eigenvalue weighted by Crippen LogP contribution is -2.20. The Kier molecular flexibility index (Phi) is 5.23. The van der Waals surface area contributed by atoms with Crippen LogP contribution < -0.4 is 14.8 Å². The summed E-state index contributed by atoms with van der Waals surface area (Å²) in [4.78, 5) is 8.78. The summed E-state index contributed by atoms with van der Waals surface area (Å²) in [5, 5.41) is 3.56. The molecule has 134 valence electrons. The largest absolute Gasteiger partial charge is 0.494 e. The number of benzene rings is 1. The van der Waals surface area contributed by atoms with Crippen LogP contribution in [-0.2, 0) is 13.0 Å². The summed E-state index contributed by atoms with van der Waals surface area (Å²) in [6, 6.07) is 4.40. The molecular formula is C20H27N3O2. The zero-order valence-corrected chi connectivity index (χ0v) is 15.7. The molecule has 0 unspecified atom stereocenters. The second kappa shape index (κ2) is 7.40. The van der Waals surface area contributed by atoms with Crippen LogP contribution in [0.25, 0.3) is 0 Å². The van der Waals surface area contributed by atoms with Gasteiger partial charge in [0.25, 0.3) is 0 Å². The van der Waals surface area contributed by atoms with E-state index < -0.39 is 0 Å². The molecule has 0 bridgehead atoms.